The molecular weight excluding hydrogens is 332 g/mol. The third kappa shape index (κ3) is 3.85. The van der Waals surface area contributed by atoms with Crippen molar-refractivity contribution in [2.24, 2.45) is 0 Å². The molecule has 0 unspecified atom stereocenters. The first-order valence-electron chi connectivity index (χ1n) is 9.83. The predicted molar refractivity (Wildman–Crippen MR) is 113 cm³/mol. The third-order valence-electron chi connectivity index (χ3n) is 5.75. The fourth-order valence-electron chi connectivity index (χ4n) is 4.64. The first kappa shape index (κ1) is 19.4. The third-order valence-corrected chi connectivity index (χ3v) is 5.75. The summed E-state index contributed by atoms with van der Waals surface area (Å²) in [5.74, 6) is -0.890. The lowest BCUT2D eigenvalue weighted by molar-refractivity contribution is 0.0697. The van der Waals surface area contributed by atoms with Gasteiger partial charge in [-0.05, 0) is 63.6 Å². The number of benzene rings is 2. The van der Waals surface area contributed by atoms with Gasteiger partial charge in [0.25, 0.3) is 0 Å². The van der Waals surface area contributed by atoms with E-state index in [2.05, 4.69) is 58.9 Å². The molecule has 0 radical (unpaired) electrons. The molecule has 27 heavy (non-hydrogen) atoms. The highest BCUT2D eigenvalue weighted by molar-refractivity contribution is 5.88. The molecule has 0 saturated heterocycles. The lowest BCUT2D eigenvalue weighted by atomic mass is 9.82. The highest BCUT2D eigenvalue weighted by Crippen LogP contribution is 2.50. The molecule has 142 valence electrons. The number of carboxylic acid groups (broad SMARTS) is 1. The summed E-state index contributed by atoms with van der Waals surface area (Å²) in [4.78, 5) is 11.0. The lowest BCUT2D eigenvalue weighted by Gasteiger charge is -2.22. The van der Waals surface area contributed by atoms with E-state index in [1.807, 2.05) is 12.1 Å². The summed E-state index contributed by atoms with van der Waals surface area (Å²) < 4.78 is 0. The van der Waals surface area contributed by atoms with Crippen LogP contribution in [0.4, 0.5) is 0 Å². The molecule has 0 saturated carbocycles. The second kappa shape index (κ2) is 6.99. The minimum absolute atomic E-state index is 0.190. The van der Waals surface area contributed by atoms with E-state index < -0.39 is 5.97 Å². The van der Waals surface area contributed by atoms with E-state index in [1.54, 1.807) is 12.1 Å². The Morgan fingerprint density at radius 2 is 1.59 bits per heavy atom. The zero-order valence-electron chi connectivity index (χ0n) is 17.1. The van der Waals surface area contributed by atoms with Crippen molar-refractivity contribution in [3.8, 4) is 0 Å². The van der Waals surface area contributed by atoms with Gasteiger partial charge in [-0.25, -0.2) is 4.79 Å². The zero-order valence-corrected chi connectivity index (χ0v) is 17.1. The molecule has 0 bridgehead atoms. The van der Waals surface area contributed by atoms with Crippen molar-refractivity contribution in [2.45, 2.75) is 64.7 Å². The molecule has 2 nitrogen and oxygen atoms in total. The van der Waals surface area contributed by atoms with Crippen LogP contribution in [0.1, 0.15) is 85.6 Å². The smallest absolute Gasteiger partial charge is 0.335 e. The number of fused-ring (bicyclic) bond motifs is 1. The van der Waals surface area contributed by atoms with E-state index in [0.717, 1.165) is 18.4 Å². The molecule has 0 aromatic heterocycles. The number of hydrogen-bond acceptors (Lipinski definition) is 1. The fraction of sp³-hybridized carbons (Fsp3) is 0.400. The van der Waals surface area contributed by atoms with Crippen molar-refractivity contribution in [1.29, 1.82) is 0 Å². The Hall–Kier alpha value is -2.35. The molecule has 0 heterocycles. The van der Waals surface area contributed by atoms with Crippen molar-refractivity contribution >= 4 is 18.1 Å². The lowest BCUT2D eigenvalue weighted by Crippen LogP contribution is -2.18. The van der Waals surface area contributed by atoms with Gasteiger partial charge < -0.3 is 5.11 Å². The average molecular weight is 363 g/mol. The van der Waals surface area contributed by atoms with Crippen molar-refractivity contribution in [2.75, 3.05) is 0 Å². The van der Waals surface area contributed by atoms with E-state index in [9.17, 15) is 4.79 Å². The number of hydrogen-bond donors (Lipinski definition) is 1. The summed E-state index contributed by atoms with van der Waals surface area (Å²) in [7, 11) is 0. The van der Waals surface area contributed by atoms with Gasteiger partial charge in [-0.3, -0.25) is 0 Å². The van der Waals surface area contributed by atoms with Gasteiger partial charge in [-0.15, -0.1) is 0 Å². The van der Waals surface area contributed by atoms with E-state index in [0.29, 0.717) is 5.56 Å². The maximum absolute atomic E-state index is 11.0. The van der Waals surface area contributed by atoms with Gasteiger partial charge in [0.15, 0.2) is 0 Å². The quantitative estimate of drug-likeness (QED) is 0.619. The molecule has 3 rings (SSSR count). The molecule has 1 N–H and O–H groups in total. The van der Waals surface area contributed by atoms with Crippen LogP contribution in [0.25, 0.3) is 12.2 Å². The Bertz CT molecular complexity index is 883. The van der Waals surface area contributed by atoms with Crippen LogP contribution in [-0.2, 0) is 17.3 Å². The maximum atomic E-state index is 11.0. The van der Waals surface area contributed by atoms with E-state index in [1.165, 1.54) is 28.7 Å². The highest BCUT2D eigenvalue weighted by Gasteiger charge is 2.42. The number of aromatic carboxylic acids is 1. The minimum Gasteiger partial charge on any atom is -0.478 e. The molecule has 0 aliphatic heterocycles. The van der Waals surface area contributed by atoms with E-state index in [4.69, 9.17) is 5.11 Å². The van der Waals surface area contributed by atoms with Crippen LogP contribution in [0.15, 0.2) is 36.4 Å². The molecule has 0 fully saturated rings. The van der Waals surface area contributed by atoms with Crippen LogP contribution >= 0.6 is 0 Å². The molecule has 2 aromatic rings. The van der Waals surface area contributed by atoms with Crippen molar-refractivity contribution in [1.82, 2.24) is 0 Å². The van der Waals surface area contributed by atoms with E-state index in [-0.39, 0.29) is 10.8 Å². The summed E-state index contributed by atoms with van der Waals surface area (Å²) in [6.07, 6.45) is 7.63. The Morgan fingerprint density at radius 3 is 2.15 bits per heavy atom. The largest absolute Gasteiger partial charge is 0.478 e. The van der Waals surface area contributed by atoms with Gasteiger partial charge in [0.1, 0.15) is 0 Å². The van der Waals surface area contributed by atoms with Crippen LogP contribution in [0.2, 0.25) is 0 Å². The van der Waals surface area contributed by atoms with Crippen molar-refractivity contribution in [3.05, 3.63) is 69.8 Å². The normalized spacial score (nSPS) is 17.2. The molecule has 0 atom stereocenters. The minimum atomic E-state index is -0.890. The number of carbonyl (C=O) groups is 1. The topological polar surface area (TPSA) is 37.3 Å². The van der Waals surface area contributed by atoms with Crippen LogP contribution in [0, 0.1) is 0 Å². The summed E-state index contributed by atoms with van der Waals surface area (Å²) >= 11 is 0. The Morgan fingerprint density at radius 1 is 1.00 bits per heavy atom. The van der Waals surface area contributed by atoms with Gasteiger partial charge in [0.05, 0.1) is 5.56 Å². The van der Waals surface area contributed by atoms with Crippen molar-refractivity contribution in [3.63, 3.8) is 0 Å². The molecule has 2 heteroatoms. The maximum Gasteiger partial charge on any atom is 0.335 e. The summed E-state index contributed by atoms with van der Waals surface area (Å²) in [6, 6.07) is 11.9. The van der Waals surface area contributed by atoms with Crippen LogP contribution in [0.3, 0.4) is 0 Å². The molecule has 1 aliphatic rings. The number of aryl methyl sites for hydroxylation is 1. The average Bonchev–Trinajstić information content (AvgIpc) is 2.77. The Labute approximate surface area is 162 Å². The number of carboxylic acids is 1. The first-order chi connectivity index (χ1) is 12.6. The van der Waals surface area contributed by atoms with Crippen LogP contribution < -0.4 is 0 Å². The second-order valence-electron chi connectivity index (χ2n) is 9.05. The monoisotopic (exact) mass is 362 g/mol. The van der Waals surface area contributed by atoms with Crippen LogP contribution in [-0.4, -0.2) is 11.1 Å². The zero-order chi connectivity index (χ0) is 19.8. The van der Waals surface area contributed by atoms with Gasteiger partial charge in [0.2, 0.25) is 0 Å². The Balaban J connectivity index is 2.01. The van der Waals surface area contributed by atoms with Gasteiger partial charge in [0, 0.05) is 0 Å². The first-order valence-corrected chi connectivity index (χ1v) is 9.83. The molecule has 2 aromatic carbocycles. The van der Waals surface area contributed by atoms with Gasteiger partial charge in [-0.2, -0.15) is 0 Å². The summed E-state index contributed by atoms with van der Waals surface area (Å²) in [6.45, 7) is 11.6. The standard InChI is InChI=1S/C25H30O2/c1-6-7-19-14-21-22(25(4,5)16-24(21,2)3)15-20(19)13-10-17-8-11-18(12-9-17)23(26)27/h8-15H,6-7,16H2,1-5H3,(H,26,27). The second-order valence-corrected chi connectivity index (χ2v) is 9.05. The molecule has 0 amide bonds. The summed E-state index contributed by atoms with van der Waals surface area (Å²) in [5, 5.41) is 9.04. The van der Waals surface area contributed by atoms with Crippen molar-refractivity contribution < 1.29 is 9.90 Å². The fourth-order valence-corrected chi connectivity index (χ4v) is 4.64. The predicted octanol–water partition coefficient (Wildman–Crippen LogP) is 6.47. The summed E-state index contributed by atoms with van der Waals surface area (Å²) in [5.41, 5.74) is 7.39. The molecule has 1 aliphatic carbocycles. The van der Waals surface area contributed by atoms with Gasteiger partial charge >= 0.3 is 5.97 Å². The number of rotatable bonds is 5. The molecule has 0 spiro atoms. The van der Waals surface area contributed by atoms with Gasteiger partial charge in [-0.1, -0.05) is 77.5 Å². The molecular formula is C25H30O2. The Kier molecular flexibility index (Phi) is 5.03. The SMILES string of the molecule is CCCc1cc2c(cc1C=Cc1ccc(C(=O)O)cc1)C(C)(C)CC2(C)C. The van der Waals surface area contributed by atoms with Crippen LogP contribution in [0.5, 0.6) is 0 Å². The van der Waals surface area contributed by atoms with E-state index >= 15 is 0 Å². The highest BCUT2D eigenvalue weighted by atomic mass is 16.4.